The van der Waals surface area contributed by atoms with Gasteiger partial charge in [0, 0.05) is 77.3 Å². The fourth-order valence-corrected chi connectivity index (χ4v) is 9.27. The predicted molar refractivity (Wildman–Crippen MR) is 290 cm³/mol. The van der Waals surface area contributed by atoms with E-state index in [1.54, 1.807) is 12.0 Å². The number of methoxy groups -OCH3 is 1. The number of hydrogen-bond donors (Lipinski definition) is 3. The second kappa shape index (κ2) is 37.2. The van der Waals surface area contributed by atoms with Crippen molar-refractivity contribution in [3.8, 4) is 22.5 Å². The minimum Gasteiger partial charge on any atom is -0.391 e. The molecule has 24 heteroatoms. The molecule has 3 unspecified atom stereocenters. The topological polar surface area (TPSA) is 259 Å². The minimum absolute atomic E-state index is 0.0386. The Morgan fingerprint density at radius 2 is 1.21 bits per heavy atom. The lowest BCUT2D eigenvalue weighted by atomic mass is 9.95. The van der Waals surface area contributed by atoms with E-state index in [0.29, 0.717) is 163 Å². The number of rotatable bonds is 42. The maximum atomic E-state index is 14.0. The van der Waals surface area contributed by atoms with Crippen LogP contribution in [0, 0.1) is 0 Å². The summed E-state index contributed by atoms with van der Waals surface area (Å²) in [5, 5.41) is 24.9. The molecule has 2 aromatic carbocycles. The summed E-state index contributed by atoms with van der Waals surface area (Å²) in [7, 11) is -0.0726. The van der Waals surface area contributed by atoms with Gasteiger partial charge >= 0.3 is 7.60 Å². The Kier molecular flexibility index (Phi) is 30.6. The Labute approximate surface area is 459 Å². The maximum Gasteiger partial charge on any atom is 0.327 e. The number of anilines is 1. The van der Waals surface area contributed by atoms with Crippen LogP contribution in [-0.2, 0) is 83.8 Å². The number of carbonyl (C=O) groups is 4. The van der Waals surface area contributed by atoms with E-state index < -0.39 is 13.7 Å². The van der Waals surface area contributed by atoms with Crippen molar-refractivity contribution < 1.29 is 75.8 Å². The Bertz CT molecular complexity index is 2270. The molecule has 4 amide bonds. The van der Waals surface area contributed by atoms with Crippen LogP contribution < -0.4 is 15.5 Å². The fourth-order valence-electron chi connectivity index (χ4n) is 8.76. The number of nitrogens with zero attached hydrogens (tertiary/aromatic N) is 5. The number of amides is 4. The summed E-state index contributed by atoms with van der Waals surface area (Å²) in [5.74, 6) is -0.186. The number of likely N-dealkylation sites (tertiary alicyclic amines) is 1. The van der Waals surface area contributed by atoms with Gasteiger partial charge < -0.3 is 72.5 Å². The summed E-state index contributed by atoms with van der Waals surface area (Å²) < 4.78 is 67.7. The van der Waals surface area contributed by atoms with E-state index in [0.717, 1.165) is 47.3 Å². The van der Waals surface area contributed by atoms with Gasteiger partial charge in [-0.3, -0.25) is 23.7 Å². The average Bonchev–Trinajstić information content (AvgIpc) is 4.08. The van der Waals surface area contributed by atoms with E-state index in [1.165, 1.54) is 13.8 Å². The van der Waals surface area contributed by atoms with E-state index in [4.69, 9.17) is 46.9 Å². The third-order valence-electron chi connectivity index (χ3n) is 12.8. The van der Waals surface area contributed by atoms with Gasteiger partial charge in [-0.25, -0.2) is 4.68 Å². The van der Waals surface area contributed by atoms with Crippen LogP contribution >= 0.6 is 7.60 Å². The van der Waals surface area contributed by atoms with E-state index in [9.17, 15) is 28.8 Å². The molecule has 3 atom stereocenters. The Morgan fingerprint density at radius 3 is 1.90 bits per heavy atom. The number of aromatic nitrogens is 3. The highest BCUT2D eigenvalue weighted by atomic mass is 31.2. The quantitative estimate of drug-likeness (QED) is 0.0524. The highest BCUT2D eigenvalue weighted by Gasteiger charge is 2.34. The normalized spacial score (nSPS) is 15.7. The van der Waals surface area contributed by atoms with Crippen LogP contribution in [0.5, 0.6) is 0 Å². The van der Waals surface area contributed by atoms with E-state index >= 15 is 0 Å². The zero-order valence-corrected chi connectivity index (χ0v) is 46.8. The lowest BCUT2D eigenvalue weighted by Gasteiger charge is -2.28. The highest BCUT2D eigenvalue weighted by molar-refractivity contribution is 7.52. The van der Waals surface area contributed by atoms with Gasteiger partial charge in [0.2, 0.25) is 23.6 Å². The van der Waals surface area contributed by atoms with Crippen molar-refractivity contribution in [1.29, 1.82) is 0 Å². The van der Waals surface area contributed by atoms with Gasteiger partial charge in [0.15, 0.2) is 0 Å². The van der Waals surface area contributed by atoms with Crippen LogP contribution in [0.1, 0.15) is 69.8 Å². The summed E-state index contributed by atoms with van der Waals surface area (Å²) in [5.41, 5.74) is 4.96. The zero-order chi connectivity index (χ0) is 55.6. The molecule has 436 valence electrons. The molecule has 2 aliphatic heterocycles. The van der Waals surface area contributed by atoms with Gasteiger partial charge in [-0.2, -0.15) is 0 Å². The van der Waals surface area contributed by atoms with Gasteiger partial charge in [0.05, 0.1) is 142 Å². The monoisotopic (exact) mass is 1120 g/mol. The van der Waals surface area contributed by atoms with Crippen molar-refractivity contribution in [3.63, 3.8) is 0 Å². The molecule has 0 spiro atoms. The SMILES string of the molecule is COCC1CC(O)CN1C(=O)CCCCCNC(=O)CCOCCOCCOCCOCCn1nnc2c1-c1ccccc1CN(C(=O)CCCCC(=O)NCCOCCOCCOCCOP(C)(=O)OC)c1ccccc1-2. The second-order valence-electron chi connectivity index (χ2n) is 18.8. The number of fused-ring (bicyclic) bond motifs is 5. The predicted octanol–water partition coefficient (Wildman–Crippen LogP) is 4.41. The van der Waals surface area contributed by atoms with Crippen LogP contribution in [0.15, 0.2) is 48.5 Å². The number of unbranched alkanes of at least 4 members (excludes halogenated alkanes) is 3. The first kappa shape index (κ1) is 64.1. The molecule has 5 rings (SSSR count). The van der Waals surface area contributed by atoms with Gasteiger partial charge in [-0.1, -0.05) is 54.1 Å². The fraction of sp³-hybridized carbons (Fsp3) is 0.667. The molecule has 23 nitrogen and oxygen atoms in total. The molecule has 0 radical (unpaired) electrons. The summed E-state index contributed by atoms with van der Waals surface area (Å²) in [6.07, 6.45) is 4.74. The third kappa shape index (κ3) is 23.5. The lowest BCUT2D eigenvalue weighted by molar-refractivity contribution is -0.133. The molecule has 3 heterocycles. The first-order valence-electron chi connectivity index (χ1n) is 27.2. The number of aliphatic hydroxyl groups is 1. The molecular formula is C54H84N7O16P. The molecule has 0 saturated carbocycles. The molecule has 2 aliphatic rings. The molecule has 0 aliphatic carbocycles. The van der Waals surface area contributed by atoms with Gasteiger partial charge in [-0.15, -0.1) is 5.10 Å². The molecule has 78 heavy (non-hydrogen) atoms. The molecule has 3 N–H and O–H groups in total. The van der Waals surface area contributed by atoms with E-state index in [-0.39, 0.29) is 55.7 Å². The maximum absolute atomic E-state index is 14.0. The lowest BCUT2D eigenvalue weighted by Crippen LogP contribution is -2.38. The largest absolute Gasteiger partial charge is 0.391 e. The van der Waals surface area contributed by atoms with Crippen molar-refractivity contribution in [2.24, 2.45) is 0 Å². The standard InChI is InChI=1S/C54H84N7O16P/c1-68-42-44-39-45(62)41-59(44)51(65)18-5-4-12-21-55-50(64)20-24-70-27-30-73-33-34-75-32-29-72-26-23-61-54-46-14-7-6-13-43(46)40-60(48-16-9-8-15-47(48)53(54)57-58-61)52(66)19-11-10-17-49(63)56-22-25-71-28-31-74-35-36-76-37-38-77-78(3,67)69-2/h6-9,13-16,44-45,62H,4-5,10-12,17-42H2,1-3H3,(H,55,64)(H,56,63). The van der Waals surface area contributed by atoms with Crippen molar-refractivity contribution in [2.45, 2.75) is 89.4 Å². The number of benzene rings is 2. The molecule has 1 aromatic heterocycles. The Hall–Kier alpha value is -4.75. The van der Waals surface area contributed by atoms with Gasteiger partial charge in [0.25, 0.3) is 0 Å². The molecule has 1 fully saturated rings. The van der Waals surface area contributed by atoms with Crippen LogP contribution in [0.4, 0.5) is 5.69 Å². The number of hydrogen-bond acceptors (Lipinski definition) is 18. The number of β-amino-alcohol motifs (C(OH)–C–C–N with tert-alkyl or cyclic N) is 1. The van der Waals surface area contributed by atoms with Crippen LogP contribution in [0.2, 0.25) is 0 Å². The summed E-state index contributed by atoms with van der Waals surface area (Å²) in [4.78, 5) is 54.8. The summed E-state index contributed by atoms with van der Waals surface area (Å²) in [6.45, 7) is 9.18. The van der Waals surface area contributed by atoms with Crippen molar-refractivity contribution in [3.05, 3.63) is 54.1 Å². The highest BCUT2D eigenvalue weighted by Crippen LogP contribution is 2.43. The Balaban J connectivity index is 0.888. The second-order valence-corrected chi connectivity index (χ2v) is 20.9. The molecule has 3 aromatic rings. The number of ether oxygens (including phenoxy) is 8. The van der Waals surface area contributed by atoms with Crippen LogP contribution in [-0.4, -0.2) is 207 Å². The first-order chi connectivity index (χ1) is 38.0. The van der Waals surface area contributed by atoms with Crippen molar-refractivity contribution >= 4 is 36.9 Å². The number of carbonyl (C=O) groups excluding carboxylic acids is 4. The van der Waals surface area contributed by atoms with Crippen molar-refractivity contribution in [1.82, 2.24) is 30.5 Å². The first-order valence-corrected chi connectivity index (χ1v) is 29.2. The Morgan fingerprint density at radius 1 is 0.641 bits per heavy atom. The molecule has 0 bridgehead atoms. The summed E-state index contributed by atoms with van der Waals surface area (Å²) >= 11 is 0. The van der Waals surface area contributed by atoms with E-state index in [1.807, 2.05) is 58.1 Å². The number of aliphatic hydroxyl groups excluding tert-OH is 1. The van der Waals surface area contributed by atoms with Gasteiger partial charge in [0.1, 0.15) is 5.69 Å². The smallest absolute Gasteiger partial charge is 0.327 e. The average molecular weight is 1120 g/mol. The molecular weight excluding hydrogens is 1030 g/mol. The van der Waals surface area contributed by atoms with Crippen molar-refractivity contribution in [2.75, 3.05) is 151 Å². The van der Waals surface area contributed by atoms with Crippen LogP contribution in [0.3, 0.4) is 0 Å². The van der Waals surface area contributed by atoms with Gasteiger partial charge in [-0.05, 0) is 43.7 Å². The molecule has 1 saturated heterocycles. The third-order valence-corrected chi connectivity index (χ3v) is 14.1. The van der Waals surface area contributed by atoms with Crippen LogP contribution in [0.25, 0.3) is 22.5 Å². The van der Waals surface area contributed by atoms with E-state index in [2.05, 4.69) is 20.9 Å². The number of nitrogens with one attached hydrogen (secondary N) is 2. The summed E-state index contributed by atoms with van der Waals surface area (Å²) in [6, 6.07) is 15.6. The minimum atomic E-state index is -3.00. The zero-order valence-electron chi connectivity index (χ0n) is 45.9. The number of para-hydroxylation sites is 1.